The molecule has 28 heavy (non-hydrogen) atoms. The predicted octanol–water partition coefficient (Wildman–Crippen LogP) is 8.42. The summed E-state index contributed by atoms with van der Waals surface area (Å²) >= 11 is 0. The summed E-state index contributed by atoms with van der Waals surface area (Å²) in [4.78, 5) is 2.50. The summed E-state index contributed by atoms with van der Waals surface area (Å²) in [6.45, 7) is 4.74. The van der Waals surface area contributed by atoms with Gasteiger partial charge in [0, 0.05) is 6.54 Å². The molecule has 0 aliphatic heterocycles. The van der Waals surface area contributed by atoms with Crippen LogP contribution in [0.2, 0.25) is 0 Å². The highest BCUT2D eigenvalue weighted by molar-refractivity contribution is 5.14. The topological polar surface area (TPSA) is 3.24 Å². The highest BCUT2D eigenvalue weighted by atomic mass is 15.1. The van der Waals surface area contributed by atoms with Crippen LogP contribution in [0.3, 0.4) is 0 Å². The van der Waals surface area contributed by atoms with Crippen LogP contribution in [0.25, 0.3) is 0 Å². The van der Waals surface area contributed by atoms with Crippen molar-refractivity contribution in [2.24, 2.45) is 0 Å². The third-order valence-electron chi connectivity index (χ3n) is 6.02. The van der Waals surface area contributed by atoms with Crippen molar-refractivity contribution in [3.63, 3.8) is 0 Å². The Balaban J connectivity index is 1.75. The zero-order valence-corrected chi connectivity index (χ0v) is 19.3. The van der Waals surface area contributed by atoms with Gasteiger partial charge in [0.1, 0.15) is 0 Å². The van der Waals surface area contributed by atoms with Crippen LogP contribution in [-0.2, 0) is 6.42 Å². The molecular formula is C27H49N. The van der Waals surface area contributed by atoms with E-state index in [1.54, 1.807) is 0 Å². The molecule has 0 radical (unpaired) electrons. The van der Waals surface area contributed by atoms with Crippen LogP contribution in [-0.4, -0.2) is 25.0 Å². The number of hydrogen-bond donors (Lipinski definition) is 0. The summed E-state index contributed by atoms with van der Waals surface area (Å²) in [5.74, 6) is 0. The van der Waals surface area contributed by atoms with Crippen LogP contribution in [0.4, 0.5) is 0 Å². The predicted molar refractivity (Wildman–Crippen MR) is 127 cm³/mol. The molecule has 0 amide bonds. The highest BCUT2D eigenvalue weighted by Gasteiger charge is 2.00. The third-order valence-corrected chi connectivity index (χ3v) is 6.02. The molecule has 0 heterocycles. The smallest absolute Gasteiger partial charge is 0.00188 e. The summed E-state index contributed by atoms with van der Waals surface area (Å²) in [6, 6.07) is 10.9. The van der Waals surface area contributed by atoms with E-state index in [9.17, 15) is 0 Å². The van der Waals surface area contributed by atoms with E-state index in [-0.39, 0.29) is 0 Å². The van der Waals surface area contributed by atoms with Gasteiger partial charge in [-0.3, -0.25) is 0 Å². The lowest BCUT2D eigenvalue weighted by Crippen LogP contribution is -2.22. The fraction of sp³-hybridized carbons (Fsp3) is 0.778. The molecule has 0 saturated carbocycles. The van der Waals surface area contributed by atoms with E-state index in [2.05, 4.69) is 49.2 Å². The molecule has 0 aromatic heterocycles. The lowest BCUT2D eigenvalue weighted by Gasteiger charge is -2.16. The molecule has 162 valence electrons. The molecule has 0 unspecified atom stereocenters. The SMILES string of the molecule is CCCCCCCCCCCCCCCCCCN(C)CCc1ccccc1. The lowest BCUT2D eigenvalue weighted by atomic mass is 10.0. The first-order chi connectivity index (χ1) is 13.8. The van der Waals surface area contributed by atoms with Gasteiger partial charge in [-0.25, -0.2) is 0 Å². The van der Waals surface area contributed by atoms with Crippen LogP contribution < -0.4 is 0 Å². The summed E-state index contributed by atoms with van der Waals surface area (Å²) < 4.78 is 0. The molecule has 1 heteroatoms. The van der Waals surface area contributed by atoms with Gasteiger partial charge in [-0.05, 0) is 32.0 Å². The normalized spacial score (nSPS) is 11.4. The Morgan fingerprint density at radius 2 is 0.964 bits per heavy atom. The van der Waals surface area contributed by atoms with Crippen LogP contribution in [0, 0.1) is 0 Å². The maximum Gasteiger partial charge on any atom is 0.00188 e. The Kier molecular flexibility index (Phi) is 17.6. The number of rotatable bonds is 20. The van der Waals surface area contributed by atoms with Crippen molar-refractivity contribution in [3.05, 3.63) is 35.9 Å². The minimum absolute atomic E-state index is 1.18. The second kappa shape index (κ2) is 19.5. The maximum absolute atomic E-state index is 2.50. The molecule has 1 aromatic rings. The van der Waals surface area contributed by atoms with Gasteiger partial charge in [0.25, 0.3) is 0 Å². The van der Waals surface area contributed by atoms with Crippen molar-refractivity contribution < 1.29 is 0 Å². The van der Waals surface area contributed by atoms with E-state index in [1.807, 2.05) is 0 Å². The first-order valence-electron chi connectivity index (χ1n) is 12.6. The number of likely N-dealkylation sites (N-methyl/N-ethyl adjacent to an activating group) is 1. The fourth-order valence-corrected chi connectivity index (χ4v) is 4.01. The molecule has 0 spiro atoms. The summed E-state index contributed by atoms with van der Waals surface area (Å²) in [5.41, 5.74) is 1.46. The number of benzene rings is 1. The van der Waals surface area contributed by atoms with Crippen LogP contribution in [0.5, 0.6) is 0 Å². The van der Waals surface area contributed by atoms with Gasteiger partial charge in [0.15, 0.2) is 0 Å². The Labute approximate surface area is 177 Å². The van der Waals surface area contributed by atoms with Crippen molar-refractivity contribution >= 4 is 0 Å². The van der Waals surface area contributed by atoms with Gasteiger partial charge in [-0.15, -0.1) is 0 Å². The molecule has 1 aromatic carbocycles. The average Bonchev–Trinajstić information content (AvgIpc) is 2.72. The second-order valence-electron chi connectivity index (χ2n) is 8.84. The van der Waals surface area contributed by atoms with Crippen molar-refractivity contribution in [3.8, 4) is 0 Å². The zero-order chi connectivity index (χ0) is 20.1. The van der Waals surface area contributed by atoms with E-state index < -0.39 is 0 Å². The van der Waals surface area contributed by atoms with Crippen molar-refractivity contribution in [1.29, 1.82) is 0 Å². The first-order valence-corrected chi connectivity index (χ1v) is 12.6. The van der Waals surface area contributed by atoms with Crippen molar-refractivity contribution in [2.45, 2.75) is 116 Å². The van der Waals surface area contributed by atoms with E-state index >= 15 is 0 Å². The Hall–Kier alpha value is -0.820. The first kappa shape index (κ1) is 25.2. The molecule has 1 rings (SSSR count). The minimum Gasteiger partial charge on any atom is -0.306 e. The van der Waals surface area contributed by atoms with E-state index in [4.69, 9.17) is 0 Å². The Bertz CT molecular complexity index is 414. The van der Waals surface area contributed by atoms with Gasteiger partial charge in [0.05, 0.1) is 0 Å². The van der Waals surface area contributed by atoms with E-state index in [0.29, 0.717) is 0 Å². The monoisotopic (exact) mass is 387 g/mol. The minimum atomic E-state index is 1.18. The Morgan fingerprint density at radius 3 is 1.43 bits per heavy atom. The molecule has 0 aliphatic rings. The number of hydrogen-bond acceptors (Lipinski definition) is 1. The highest BCUT2D eigenvalue weighted by Crippen LogP contribution is 2.13. The van der Waals surface area contributed by atoms with Gasteiger partial charge in [0.2, 0.25) is 0 Å². The summed E-state index contributed by atoms with van der Waals surface area (Å²) in [5, 5.41) is 0. The van der Waals surface area contributed by atoms with Crippen LogP contribution >= 0.6 is 0 Å². The molecule has 0 bridgehead atoms. The fourth-order valence-electron chi connectivity index (χ4n) is 4.01. The number of unbranched alkanes of at least 4 members (excludes halogenated alkanes) is 15. The quantitative estimate of drug-likeness (QED) is 0.203. The second-order valence-corrected chi connectivity index (χ2v) is 8.84. The molecule has 0 saturated heterocycles. The molecule has 1 nitrogen and oxygen atoms in total. The van der Waals surface area contributed by atoms with E-state index in [1.165, 1.54) is 128 Å². The van der Waals surface area contributed by atoms with Gasteiger partial charge in [-0.1, -0.05) is 134 Å². The van der Waals surface area contributed by atoms with Gasteiger partial charge in [-0.2, -0.15) is 0 Å². The van der Waals surface area contributed by atoms with Crippen LogP contribution in [0.15, 0.2) is 30.3 Å². The van der Waals surface area contributed by atoms with Gasteiger partial charge >= 0.3 is 0 Å². The largest absolute Gasteiger partial charge is 0.306 e. The Morgan fingerprint density at radius 1 is 0.536 bits per heavy atom. The summed E-state index contributed by atoms with van der Waals surface area (Å²) in [7, 11) is 2.27. The molecule has 0 atom stereocenters. The van der Waals surface area contributed by atoms with Crippen molar-refractivity contribution in [2.75, 3.05) is 20.1 Å². The maximum atomic E-state index is 2.50. The average molecular weight is 388 g/mol. The van der Waals surface area contributed by atoms with E-state index in [0.717, 1.165) is 0 Å². The lowest BCUT2D eigenvalue weighted by molar-refractivity contribution is 0.327. The molecule has 0 aliphatic carbocycles. The zero-order valence-electron chi connectivity index (χ0n) is 19.3. The van der Waals surface area contributed by atoms with Crippen molar-refractivity contribution in [1.82, 2.24) is 4.90 Å². The standard InChI is InChI=1S/C27H49N/c1-3-4-5-6-7-8-9-10-11-12-13-14-15-16-17-21-25-28(2)26-24-27-22-19-18-20-23-27/h18-20,22-23H,3-17,21,24-26H2,1-2H3. The summed E-state index contributed by atoms with van der Waals surface area (Å²) in [6.07, 6.45) is 24.3. The molecule has 0 fully saturated rings. The van der Waals surface area contributed by atoms with Crippen LogP contribution in [0.1, 0.15) is 115 Å². The molecular weight excluding hydrogens is 338 g/mol. The number of nitrogens with zero attached hydrogens (tertiary/aromatic N) is 1. The third kappa shape index (κ3) is 16.2. The molecule has 0 N–H and O–H groups in total. The van der Waals surface area contributed by atoms with Gasteiger partial charge < -0.3 is 4.90 Å².